The molecule has 1 aromatic carbocycles. The maximum Gasteiger partial charge on any atom is 0.422 e. The molecule has 0 saturated carbocycles. The quantitative estimate of drug-likeness (QED) is 0.449. The van der Waals surface area contributed by atoms with Gasteiger partial charge in [0.05, 0.1) is 17.1 Å². The minimum atomic E-state index is -4.48. The standard InChI is InChI=1S/C20H14F3N5O2S/c21-20(22,23)12-30-19-25-8-14(9-26-19)15-6-7-18(29)28(27-15)11-17-24-10-16(31-17)13-4-2-1-3-5-13/h1-10H,11-12H2. The van der Waals surface area contributed by atoms with Crippen LogP contribution in [0.2, 0.25) is 0 Å². The van der Waals surface area contributed by atoms with Crippen LogP contribution in [0.15, 0.2) is 65.8 Å². The van der Waals surface area contributed by atoms with E-state index in [1.807, 2.05) is 30.3 Å². The highest BCUT2D eigenvalue weighted by atomic mass is 32.1. The Morgan fingerprint density at radius 2 is 1.68 bits per heavy atom. The maximum absolute atomic E-state index is 12.2. The van der Waals surface area contributed by atoms with E-state index in [9.17, 15) is 18.0 Å². The van der Waals surface area contributed by atoms with Gasteiger partial charge in [-0.05, 0) is 11.6 Å². The second kappa shape index (κ2) is 8.64. The number of thiazole rings is 1. The van der Waals surface area contributed by atoms with E-state index >= 15 is 0 Å². The van der Waals surface area contributed by atoms with Gasteiger partial charge in [0.15, 0.2) is 6.61 Å². The fraction of sp³-hybridized carbons (Fsp3) is 0.150. The highest BCUT2D eigenvalue weighted by molar-refractivity contribution is 7.15. The summed E-state index contributed by atoms with van der Waals surface area (Å²) in [4.78, 5) is 25.1. The lowest BCUT2D eigenvalue weighted by atomic mass is 10.2. The molecule has 0 bridgehead atoms. The SMILES string of the molecule is O=c1ccc(-c2cnc(OCC(F)(F)F)nc2)nn1Cc1ncc(-c2ccccc2)s1. The largest absolute Gasteiger partial charge is 0.454 e. The Labute approximate surface area is 177 Å². The van der Waals surface area contributed by atoms with Crippen LogP contribution in [0.25, 0.3) is 21.7 Å². The van der Waals surface area contributed by atoms with E-state index in [4.69, 9.17) is 0 Å². The van der Waals surface area contributed by atoms with Gasteiger partial charge < -0.3 is 4.74 Å². The fourth-order valence-corrected chi connectivity index (χ4v) is 3.54. The van der Waals surface area contributed by atoms with Crippen LogP contribution < -0.4 is 10.3 Å². The number of benzene rings is 1. The number of hydrogen-bond donors (Lipinski definition) is 0. The average molecular weight is 445 g/mol. The van der Waals surface area contributed by atoms with E-state index in [1.165, 1.54) is 40.5 Å². The molecule has 0 radical (unpaired) electrons. The summed E-state index contributed by atoms with van der Waals surface area (Å²) in [6.45, 7) is -1.30. The minimum absolute atomic E-state index is 0.178. The zero-order valence-electron chi connectivity index (χ0n) is 15.8. The Kier molecular flexibility index (Phi) is 5.76. The number of alkyl halides is 3. The second-order valence-corrected chi connectivity index (χ2v) is 7.47. The van der Waals surface area contributed by atoms with Gasteiger partial charge in [-0.1, -0.05) is 30.3 Å². The number of rotatable bonds is 6. The maximum atomic E-state index is 12.2. The highest BCUT2D eigenvalue weighted by Gasteiger charge is 2.28. The molecule has 7 nitrogen and oxygen atoms in total. The van der Waals surface area contributed by atoms with Crippen LogP contribution >= 0.6 is 11.3 Å². The Hall–Kier alpha value is -3.60. The number of aromatic nitrogens is 5. The summed E-state index contributed by atoms with van der Waals surface area (Å²) >= 11 is 1.46. The van der Waals surface area contributed by atoms with Gasteiger partial charge in [-0.3, -0.25) is 4.79 Å². The molecule has 3 heterocycles. The number of ether oxygens (including phenoxy) is 1. The van der Waals surface area contributed by atoms with Gasteiger partial charge in [0.2, 0.25) is 0 Å². The molecule has 0 spiro atoms. The van der Waals surface area contributed by atoms with Crippen molar-refractivity contribution in [3.8, 4) is 27.7 Å². The molecule has 4 rings (SSSR count). The lowest BCUT2D eigenvalue weighted by Gasteiger charge is -2.08. The van der Waals surface area contributed by atoms with E-state index < -0.39 is 18.8 Å². The predicted molar refractivity (Wildman–Crippen MR) is 108 cm³/mol. The predicted octanol–water partition coefficient (Wildman–Crippen LogP) is 3.81. The molecular formula is C20H14F3N5O2S. The monoisotopic (exact) mass is 445 g/mol. The van der Waals surface area contributed by atoms with E-state index in [0.717, 1.165) is 10.4 Å². The van der Waals surface area contributed by atoms with Crippen molar-refractivity contribution in [3.05, 3.63) is 76.4 Å². The first-order valence-electron chi connectivity index (χ1n) is 8.98. The van der Waals surface area contributed by atoms with Crippen LogP contribution in [0.4, 0.5) is 13.2 Å². The molecule has 4 aromatic rings. The molecule has 11 heteroatoms. The van der Waals surface area contributed by atoms with Gasteiger partial charge in [-0.15, -0.1) is 11.3 Å². The van der Waals surface area contributed by atoms with Gasteiger partial charge in [-0.2, -0.15) is 18.3 Å². The molecule has 0 atom stereocenters. The first-order chi connectivity index (χ1) is 14.9. The molecular weight excluding hydrogens is 431 g/mol. The summed E-state index contributed by atoms with van der Waals surface area (Å²) in [5.74, 6) is 0. The van der Waals surface area contributed by atoms with E-state index in [0.29, 0.717) is 16.3 Å². The molecule has 0 amide bonds. The third kappa shape index (κ3) is 5.31. The van der Waals surface area contributed by atoms with Crippen molar-refractivity contribution in [2.45, 2.75) is 12.7 Å². The van der Waals surface area contributed by atoms with Crippen molar-refractivity contribution in [3.63, 3.8) is 0 Å². The van der Waals surface area contributed by atoms with Gasteiger partial charge in [-0.25, -0.2) is 19.6 Å². The van der Waals surface area contributed by atoms with Crippen molar-refractivity contribution < 1.29 is 17.9 Å². The number of halogens is 3. The van der Waals surface area contributed by atoms with Crippen LogP contribution in [0.5, 0.6) is 6.01 Å². The van der Waals surface area contributed by atoms with Crippen molar-refractivity contribution >= 4 is 11.3 Å². The smallest absolute Gasteiger partial charge is 0.422 e. The van der Waals surface area contributed by atoms with Gasteiger partial charge in [0.1, 0.15) is 5.01 Å². The van der Waals surface area contributed by atoms with Crippen molar-refractivity contribution in [2.75, 3.05) is 6.61 Å². The average Bonchev–Trinajstić information content (AvgIpc) is 3.23. The summed E-state index contributed by atoms with van der Waals surface area (Å²) in [5.41, 5.74) is 1.54. The van der Waals surface area contributed by atoms with Crippen LogP contribution in [0, 0.1) is 0 Å². The van der Waals surface area contributed by atoms with Crippen LogP contribution in [0.1, 0.15) is 5.01 Å². The minimum Gasteiger partial charge on any atom is -0.454 e. The molecule has 3 aromatic heterocycles. The fourth-order valence-electron chi connectivity index (χ4n) is 2.63. The van der Waals surface area contributed by atoms with Gasteiger partial charge in [0, 0.05) is 30.2 Å². The molecule has 0 saturated heterocycles. The summed E-state index contributed by atoms with van der Waals surface area (Å²) < 4.78 is 42.4. The molecule has 158 valence electrons. The molecule has 0 aliphatic rings. The summed E-state index contributed by atoms with van der Waals surface area (Å²) in [7, 11) is 0. The lowest BCUT2D eigenvalue weighted by Crippen LogP contribution is -2.22. The number of nitrogens with zero attached hydrogens (tertiary/aromatic N) is 5. The molecule has 0 fully saturated rings. The van der Waals surface area contributed by atoms with E-state index in [2.05, 4.69) is 24.8 Å². The summed E-state index contributed by atoms with van der Waals surface area (Å²) in [5, 5.41) is 5.01. The van der Waals surface area contributed by atoms with E-state index in [1.54, 1.807) is 6.20 Å². The van der Waals surface area contributed by atoms with Gasteiger partial charge >= 0.3 is 12.2 Å². The molecule has 31 heavy (non-hydrogen) atoms. The third-order valence-corrected chi connectivity index (χ3v) is 5.08. The topological polar surface area (TPSA) is 82.8 Å². The molecule has 0 unspecified atom stereocenters. The van der Waals surface area contributed by atoms with Crippen molar-refractivity contribution in [1.82, 2.24) is 24.7 Å². The Bertz CT molecular complexity index is 1220. The first-order valence-corrected chi connectivity index (χ1v) is 9.79. The first kappa shape index (κ1) is 20.7. The molecule has 0 aliphatic heterocycles. The van der Waals surface area contributed by atoms with Crippen LogP contribution in [0.3, 0.4) is 0 Å². The van der Waals surface area contributed by atoms with E-state index in [-0.39, 0.29) is 12.1 Å². The van der Waals surface area contributed by atoms with Crippen molar-refractivity contribution in [2.24, 2.45) is 0 Å². The normalized spacial score (nSPS) is 11.5. The Morgan fingerprint density at radius 3 is 2.39 bits per heavy atom. The second-order valence-electron chi connectivity index (χ2n) is 6.36. The lowest BCUT2D eigenvalue weighted by molar-refractivity contribution is -0.154. The van der Waals surface area contributed by atoms with Crippen LogP contribution in [-0.2, 0) is 6.54 Å². The highest BCUT2D eigenvalue weighted by Crippen LogP contribution is 2.26. The Morgan fingerprint density at radius 1 is 0.935 bits per heavy atom. The van der Waals surface area contributed by atoms with Crippen LogP contribution in [-0.4, -0.2) is 37.5 Å². The zero-order valence-corrected chi connectivity index (χ0v) is 16.6. The third-order valence-electron chi connectivity index (χ3n) is 4.05. The zero-order chi connectivity index (χ0) is 21.8. The Balaban J connectivity index is 1.51. The molecule has 0 N–H and O–H groups in total. The number of hydrogen-bond acceptors (Lipinski definition) is 7. The summed E-state index contributed by atoms with van der Waals surface area (Å²) in [6.07, 6.45) is -0.160. The van der Waals surface area contributed by atoms with Crippen molar-refractivity contribution in [1.29, 1.82) is 0 Å². The molecule has 0 aliphatic carbocycles. The van der Waals surface area contributed by atoms with Gasteiger partial charge in [0.25, 0.3) is 5.56 Å². The summed E-state index contributed by atoms with van der Waals surface area (Å²) in [6, 6.07) is 12.2.